The second-order valence-corrected chi connectivity index (χ2v) is 6.99. The van der Waals surface area contributed by atoms with E-state index < -0.39 is 0 Å². The molecule has 0 bridgehead atoms. The lowest BCUT2D eigenvalue weighted by atomic mass is 10.2. The zero-order chi connectivity index (χ0) is 16.8. The van der Waals surface area contributed by atoms with E-state index in [0.29, 0.717) is 12.2 Å². The number of amides is 1. The van der Waals surface area contributed by atoms with Crippen molar-refractivity contribution in [3.63, 3.8) is 0 Å². The molecule has 0 radical (unpaired) electrons. The molecular weight excluding hydrogens is 320 g/mol. The summed E-state index contributed by atoms with van der Waals surface area (Å²) in [5.74, 6) is 0.868. The summed E-state index contributed by atoms with van der Waals surface area (Å²) in [5.41, 5.74) is 0.715. The van der Waals surface area contributed by atoms with Crippen LogP contribution in [-0.4, -0.2) is 48.5 Å². The van der Waals surface area contributed by atoms with Gasteiger partial charge in [0.25, 0.3) is 5.91 Å². The molecule has 2 heterocycles. The first-order valence-corrected chi connectivity index (χ1v) is 9.41. The molecule has 1 aliphatic rings. The van der Waals surface area contributed by atoms with Crippen molar-refractivity contribution < 1.29 is 9.53 Å². The molecule has 3 rings (SSSR count). The van der Waals surface area contributed by atoms with Crippen LogP contribution < -0.4 is 4.74 Å². The van der Waals surface area contributed by atoms with Crippen LogP contribution in [0.25, 0.3) is 0 Å². The highest BCUT2D eigenvalue weighted by Crippen LogP contribution is 2.17. The first-order chi connectivity index (χ1) is 11.8. The Morgan fingerprint density at radius 1 is 1.17 bits per heavy atom. The minimum Gasteiger partial charge on any atom is -0.494 e. The van der Waals surface area contributed by atoms with E-state index in [4.69, 9.17) is 4.74 Å². The van der Waals surface area contributed by atoms with Gasteiger partial charge in [0.1, 0.15) is 5.75 Å². The van der Waals surface area contributed by atoms with E-state index in [0.717, 1.165) is 44.9 Å². The average molecular weight is 344 g/mol. The minimum atomic E-state index is 0.106. The summed E-state index contributed by atoms with van der Waals surface area (Å²) in [6, 6.07) is 11.8. The molecular formula is C19H24N2O2S. The Kier molecular flexibility index (Phi) is 5.88. The van der Waals surface area contributed by atoms with Gasteiger partial charge in [-0.2, -0.15) is 0 Å². The highest BCUT2D eigenvalue weighted by Gasteiger charge is 2.20. The summed E-state index contributed by atoms with van der Waals surface area (Å²) >= 11 is 1.80. The Labute approximate surface area is 147 Å². The molecule has 5 heteroatoms. The second kappa shape index (κ2) is 8.31. The largest absolute Gasteiger partial charge is 0.494 e. The Morgan fingerprint density at radius 2 is 2.08 bits per heavy atom. The van der Waals surface area contributed by atoms with Crippen molar-refractivity contribution in [3.05, 3.63) is 52.2 Å². The molecule has 1 saturated heterocycles. The first-order valence-electron chi connectivity index (χ1n) is 8.53. The van der Waals surface area contributed by atoms with Crippen molar-refractivity contribution in [1.29, 1.82) is 0 Å². The van der Waals surface area contributed by atoms with Gasteiger partial charge in [0.15, 0.2) is 0 Å². The molecule has 1 aromatic carbocycles. The Hall–Kier alpha value is -1.85. The Balaban J connectivity index is 1.60. The molecule has 0 aliphatic carbocycles. The van der Waals surface area contributed by atoms with Crippen LogP contribution in [-0.2, 0) is 6.54 Å². The Bertz CT molecular complexity index is 657. The second-order valence-electron chi connectivity index (χ2n) is 5.96. The molecule has 128 valence electrons. The maximum atomic E-state index is 12.8. The van der Waals surface area contributed by atoms with E-state index >= 15 is 0 Å². The standard InChI is InChI=1S/C19H24N2O2S/c1-2-23-17-7-3-6-16(14-17)19(22)21-10-5-9-20(11-12-21)15-18-8-4-13-24-18/h3-4,6-8,13-14H,2,5,9-12,15H2,1H3. The number of hydrogen-bond acceptors (Lipinski definition) is 4. The smallest absolute Gasteiger partial charge is 0.254 e. The summed E-state index contributed by atoms with van der Waals surface area (Å²) in [6.45, 7) is 7.11. The third-order valence-corrected chi connectivity index (χ3v) is 5.09. The predicted octanol–water partition coefficient (Wildman–Crippen LogP) is 3.49. The maximum absolute atomic E-state index is 12.8. The average Bonchev–Trinajstić information content (AvgIpc) is 2.99. The lowest BCUT2D eigenvalue weighted by Crippen LogP contribution is -2.35. The van der Waals surface area contributed by atoms with Crippen LogP contribution in [0, 0.1) is 0 Å². The molecule has 0 atom stereocenters. The Morgan fingerprint density at radius 3 is 2.88 bits per heavy atom. The van der Waals surface area contributed by atoms with E-state index in [2.05, 4.69) is 22.4 Å². The topological polar surface area (TPSA) is 32.8 Å². The molecule has 1 aromatic heterocycles. The van der Waals surface area contributed by atoms with Gasteiger partial charge < -0.3 is 9.64 Å². The highest BCUT2D eigenvalue weighted by molar-refractivity contribution is 7.09. The number of rotatable bonds is 5. The summed E-state index contributed by atoms with van der Waals surface area (Å²) in [6.07, 6.45) is 1.02. The van der Waals surface area contributed by atoms with E-state index in [1.54, 1.807) is 11.3 Å². The number of benzene rings is 1. The fraction of sp³-hybridized carbons (Fsp3) is 0.421. The highest BCUT2D eigenvalue weighted by atomic mass is 32.1. The lowest BCUT2D eigenvalue weighted by molar-refractivity contribution is 0.0760. The van der Waals surface area contributed by atoms with Gasteiger partial charge >= 0.3 is 0 Å². The van der Waals surface area contributed by atoms with Crippen molar-refractivity contribution in [1.82, 2.24) is 9.80 Å². The number of ether oxygens (including phenoxy) is 1. The van der Waals surface area contributed by atoms with E-state index in [-0.39, 0.29) is 5.91 Å². The van der Waals surface area contributed by atoms with Crippen molar-refractivity contribution >= 4 is 17.2 Å². The van der Waals surface area contributed by atoms with Crippen LogP contribution in [0.1, 0.15) is 28.6 Å². The zero-order valence-electron chi connectivity index (χ0n) is 14.1. The minimum absolute atomic E-state index is 0.106. The summed E-state index contributed by atoms with van der Waals surface area (Å²) in [4.78, 5) is 18.6. The van der Waals surface area contributed by atoms with Gasteiger partial charge in [-0.1, -0.05) is 12.1 Å². The van der Waals surface area contributed by atoms with Crippen molar-refractivity contribution in [3.8, 4) is 5.75 Å². The molecule has 1 fully saturated rings. The van der Waals surface area contributed by atoms with Crippen molar-refractivity contribution in [2.45, 2.75) is 19.9 Å². The molecule has 24 heavy (non-hydrogen) atoms. The van der Waals surface area contributed by atoms with Crippen molar-refractivity contribution in [2.75, 3.05) is 32.8 Å². The number of nitrogens with zero attached hydrogens (tertiary/aromatic N) is 2. The third kappa shape index (κ3) is 4.36. The van der Waals surface area contributed by atoms with Gasteiger partial charge in [0.05, 0.1) is 6.61 Å². The van der Waals surface area contributed by atoms with E-state index in [1.165, 1.54) is 4.88 Å². The van der Waals surface area contributed by atoms with Crippen LogP contribution in [0.5, 0.6) is 5.75 Å². The molecule has 1 aliphatic heterocycles. The summed E-state index contributed by atoms with van der Waals surface area (Å²) in [5, 5.41) is 2.12. The third-order valence-electron chi connectivity index (χ3n) is 4.23. The molecule has 0 N–H and O–H groups in total. The SMILES string of the molecule is CCOc1cccc(C(=O)N2CCCN(Cc3cccs3)CC2)c1. The quantitative estimate of drug-likeness (QED) is 0.832. The van der Waals surface area contributed by atoms with Gasteiger partial charge in [-0.05, 0) is 43.0 Å². The number of hydrogen-bond donors (Lipinski definition) is 0. The van der Waals surface area contributed by atoms with Crippen molar-refractivity contribution in [2.24, 2.45) is 0 Å². The number of carbonyl (C=O) groups excluding carboxylic acids is 1. The van der Waals surface area contributed by atoms with E-state index in [9.17, 15) is 4.79 Å². The van der Waals surface area contributed by atoms with Crippen LogP contribution in [0.3, 0.4) is 0 Å². The summed E-state index contributed by atoms with van der Waals surface area (Å²) < 4.78 is 5.51. The van der Waals surface area contributed by atoms with Crippen LogP contribution in [0.15, 0.2) is 41.8 Å². The first kappa shape index (κ1) is 17.0. The maximum Gasteiger partial charge on any atom is 0.254 e. The van der Waals surface area contributed by atoms with Gasteiger partial charge in [-0.25, -0.2) is 0 Å². The van der Waals surface area contributed by atoms with Crippen LogP contribution in [0.2, 0.25) is 0 Å². The molecule has 0 spiro atoms. The van der Waals surface area contributed by atoms with Gasteiger partial charge in [-0.15, -0.1) is 11.3 Å². The molecule has 1 amide bonds. The predicted molar refractivity (Wildman–Crippen MR) is 97.7 cm³/mol. The molecule has 0 saturated carbocycles. The van der Waals surface area contributed by atoms with Gasteiger partial charge in [0.2, 0.25) is 0 Å². The van der Waals surface area contributed by atoms with Gasteiger partial charge in [0, 0.05) is 43.2 Å². The van der Waals surface area contributed by atoms with Crippen LogP contribution in [0.4, 0.5) is 0 Å². The monoisotopic (exact) mass is 344 g/mol. The number of carbonyl (C=O) groups is 1. The molecule has 2 aromatic rings. The van der Waals surface area contributed by atoms with E-state index in [1.807, 2.05) is 36.1 Å². The molecule has 0 unspecified atom stereocenters. The fourth-order valence-electron chi connectivity index (χ4n) is 3.02. The van der Waals surface area contributed by atoms with Crippen LogP contribution >= 0.6 is 11.3 Å². The van der Waals surface area contributed by atoms with Gasteiger partial charge in [-0.3, -0.25) is 9.69 Å². The number of thiophene rings is 1. The zero-order valence-corrected chi connectivity index (χ0v) is 14.9. The summed E-state index contributed by atoms with van der Waals surface area (Å²) in [7, 11) is 0. The fourth-order valence-corrected chi connectivity index (χ4v) is 3.77. The normalized spacial score (nSPS) is 16.0. The lowest BCUT2D eigenvalue weighted by Gasteiger charge is -2.22. The molecule has 4 nitrogen and oxygen atoms in total.